The number of aromatic nitrogens is 4. The second-order valence-corrected chi connectivity index (χ2v) is 5.48. The number of fused-ring (bicyclic) bond motifs is 1. The summed E-state index contributed by atoms with van der Waals surface area (Å²) in [5, 5.41) is 0.900. The first-order valence-electron chi connectivity index (χ1n) is 5.35. The number of H-pyrrole nitrogens is 1. The number of thioether (sulfide) groups is 1. The maximum atomic E-state index is 4.28. The monoisotopic (exact) mass is 320 g/mol. The average Bonchev–Trinajstić information content (AvgIpc) is 2.86. The van der Waals surface area contributed by atoms with E-state index in [0.717, 1.165) is 26.4 Å². The minimum atomic E-state index is 0.777. The molecule has 0 radical (unpaired) electrons. The van der Waals surface area contributed by atoms with E-state index < -0.39 is 0 Å². The van der Waals surface area contributed by atoms with Gasteiger partial charge in [0.05, 0.1) is 6.33 Å². The Morgan fingerprint density at radius 1 is 1.17 bits per heavy atom. The number of nitrogens with zero attached hydrogens (tertiary/aromatic N) is 3. The van der Waals surface area contributed by atoms with Crippen molar-refractivity contribution in [1.82, 2.24) is 19.9 Å². The van der Waals surface area contributed by atoms with Crippen molar-refractivity contribution in [3.8, 4) is 0 Å². The van der Waals surface area contributed by atoms with Crippen LogP contribution in [0.2, 0.25) is 0 Å². The molecule has 90 valence electrons. The second-order valence-electron chi connectivity index (χ2n) is 3.66. The van der Waals surface area contributed by atoms with Crippen molar-refractivity contribution in [2.75, 3.05) is 0 Å². The Hall–Kier alpha value is -1.40. The summed E-state index contributed by atoms with van der Waals surface area (Å²) in [6, 6.07) is 8.18. The van der Waals surface area contributed by atoms with Crippen LogP contribution < -0.4 is 0 Å². The van der Waals surface area contributed by atoms with Crippen LogP contribution in [-0.4, -0.2) is 19.9 Å². The van der Waals surface area contributed by atoms with Gasteiger partial charge in [0.1, 0.15) is 16.9 Å². The summed E-state index contributed by atoms with van der Waals surface area (Å²) < 4.78 is 1.12. The molecule has 2 aromatic heterocycles. The normalized spacial score (nSPS) is 10.9. The summed E-state index contributed by atoms with van der Waals surface area (Å²) >= 11 is 5.20. The van der Waals surface area contributed by atoms with Gasteiger partial charge in [0.2, 0.25) is 0 Å². The van der Waals surface area contributed by atoms with E-state index in [1.165, 1.54) is 5.56 Å². The lowest BCUT2D eigenvalue weighted by Crippen LogP contribution is -1.88. The highest BCUT2D eigenvalue weighted by molar-refractivity contribution is 9.10. The van der Waals surface area contributed by atoms with Gasteiger partial charge in [-0.2, -0.15) is 0 Å². The summed E-state index contributed by atoms with van der Waals surface area (Å²) in [6.07, 6.45) is 3.20. The molecule has 0 aliphatic rings. The molecule has 4 nitrogen and oxygen atoms in total. The molecule has 6 heteroatoms. The molecular weight excluding hydrogens is 312 g/mol. The third-order valence-electron chi connectivity index (χ3n) is 2.51. The smallest absolute Gasteiger partial charge is 0.161 e. The Morgan fingerprint density at radius 3 is 2.94 bits per heavy atom. The average molecular weight is 321 g/mol. The Bertz CT molecular complexity index is 682. The predicted octanol–water partition coefficient (Wildman–Crippen LogP) is 3.41. The third kappa shape index (κ3) is 2.26. The van der Waals surface area contributed by atoms with Gasteiger partial charge in [-0.25, -0.2) is 15.0 Å². The van der Waals surface area contributed by atoms with Crippen LogP contribution in [0, 0.1) is 0 Å². The largest absolute Gasteiger partial charge is 0.329 e. The van der Waals surface area contributed by atoms with Gasteiger partial charge in [-0.05, 0) is 11.6 Å². The molecule has 1 N–H and O–H groups in total. The summed E-state index contributed by atoms with van der Waals surface area (Å²) in [6.45, 7) is 0. The first kappa shape index (κ1) is 11.7. The molecule has 0 aliphatic heterocycles. The van der Waals surface area contributed by atoms with Crippen molar-refractivity contribution >= 4 is 38.9 Å². The van der Waals surface area contributed by atoms with Gasteiger partial charge >= 0.3 is 0 Å². The fourth-order valence-electron chi connectivity index (χ4n) is 1.61. The number of rotatable bonds is 3. The zero-order valence-corrected chi connectivity index (χ0v) is 11.7. The van der Waals surface area contributed by atoms with E-state index in [2.05, 4.69) is 41.9 Å². The third-order valence-corrected chi connectivity index (χ3v) is 4.31. The van der Waals surface area contributed by atoms with Crippen LogP contribution >= 0.6 is 27.7 Å². The number of nitrogens with one attached hydrogen (secondary N) is 1. The standard InChI is InChI=1S/C12H9BrN4S/c13-9-4-2-1-3-8(9)5-18-12-10-11(15-6-14-10)16-7-17-12/h1-4,6-7H,5H2,(H,14,15,16,17). The van der Waals surface area contributed by atoms with Crippen molar-refractivity contribution in [2.24, 2.45) is 0 Å². The van der Waals surface area contributed by atoms with Crippen LogP contribution in [0.1, 0.15) is 5.56 Å². The first-order valence-corrected chi connectivity index (χ1v) is 7.13. The highest BCUT2D eigenvalue weighted by Gasteiger charge is 2.07. The molecule has 0 spiro atoms. The van der Waals surface area contributed by atoms with Gasteiger partial charge < -0.3 is 4.98 Å². The maximum Gasteiger partial charge on any atom is 0.161 e. The number of benzene rings is 1. The zero-order valence-electron chi connectivity index (χ0n) is 9.30. The van der Waals surface area contributed by atoms with E-state index in [0.29, 0.717) is 0 Å². The molecule has 3 aromatic rings. The van der Waals surface area contributed by atoms with Gasteiger partial charge in [0.15, 0.2) is 5.65 Å². The summed E-state index contributed by atoms with van der Waals surface area (Å²) in [5.74, 6) is 0.848. The Balaban J connectivity index is 1.85. The number of hydrogen-bond donors (Lipinski definition) is 1. The topological polar surface area (TPSA) is 54.5 Å². The van der Waals surface area contributed by atoms with Crippen molar-refractivity contribution in [3.63, 3.8) is 0 Å². The summed E-state index contributed by atoms with van der Waals surface area (Å²) in [5.41, 5.74) is 2.85. The number of halogens is 1. The van der Waals surface area contributed by atoms with E-state index in [1.807, 2.05) is 18.2 Å². The molecule has 0 atom stereocenters. The fourth-order valence-corrected chi connectivity index (χ4v) is 3.17. The van der Waals surface area contributed by atoms with Crippen LogP contribution in [0.4, 0.5) is 0 Å². The maximum absolute atomic E-state index is 4.28. The predicted molar refractivity (Wildman–Crippen MR) is 75.4 cm³/mol. The van der Waals surface area contributed by atoms with Gasteiger partial charge in [0, 0.05) is 10.2 Å². The molecule has 2 heterocycles. The lowest BCUT2D eigenvalue weighted by atomic mass is 10.2. The Morgan fingerprint density at radius 2 is 2.06 bits per heavy atom. The van der Waals surface area contributed by atoms with Crippen LogP contribution in [0.15, 0.2) is 46.4 Å². The summed E-state index contributed by atoms with van der Waals surface area (Å²) in [4.78, 5) is 15.6. The highest BCUT2D eigenvalue weighted by Crippen LogP contribution is 2.28. The molecule has 0 amide bonds. The first-order chi connectivity index (χ1) is 8.84. The van der Waals surface area contributed by atoms with Gasteiger partial charge in [-0.1, -0.05) is 45.9 Å². The van der Waals surface area contributed by atoms with Crippen molar-refractivity contribution in [3.05, 3.63) is 47.0 Å². The van der Waals surface area contributed by atoms with Crippen LogP contribution in [0.3, 0.4) is 0 Å². The zero-order chi connectivity index (χ0) is 12.4. The minimum Gasteiger partial charge on any atom is -0.329 e. The molecule has 0 saturated carbocycles. The Kier molecular flexibility index (Phi) is 3.29. The van der Waals surface area contributed by atoms with E-state index in [1.54, 1.807) is 24.4 Å². The molecule has 0 unspecified atom stereocenters. The quantitative estimate of drug-likeness (QED) is 0.593. The molecule has 0 saturated heterocycles. The van der Waals surface area contributed by atoms with Gasteiger partial charge in [-0.3, -0.25) is 0 Å². The van der Waals surface area contributed by atoms with Gasteiger partial charge in [-0.15, -0.1) is 0 Å². The summed E-state index contributed by atoms with van der Waals surface area (Å²) in [7, 11) is 0. The van der Waals surface area contributed by atoms with Crippen molar-refractivity contribution < 1.29 is 0 Å². The van der Waals surface area contributed by atoms with E-state index in [4.69, 9.17) is 0 Å². The second kappa shape index (κ2) is 5.07. The molecule has 1 aromatic carbocycles. The minimum absolute atomic E-state index is 0.777. The number of hydrogen-bond acceptors (Lipinski definition) is 4. The van der Waals surface area contributed by atoms with Gasteiger partial charge in [0.25, 0.3) is 0 Å². The molecular formula is C12H9BrN4S. The van der Waals surface area contributed by atoms with E-state index >= 15 is 0 Å². The van der Waals surface area contributed by atoms with E-state index in [-0.39, 0.29) is 0 Å². The fraction of sp³-hybridized carbons (Fsp3) is 0.0833. The Labute approximate surface area is 116 Å². The van der Waals surface area contributed by atoms with Crippen LogP contribution in [0.5, 0.6) is 0 Å². The van der Waals surface area contributed by atoms with Crippen LogP contribution in [-0.2, 0) is 5.75 Å². The van der Waals surface area contributed by atoms with Crippen molar-refractivity contribution in [2.45, 2.75) is 10.8 Å². The lowest BCUT2D eigenvalue weighted by molar-refractivity contribution is 1.08. The van der Waals surface area contributed by atoms with Crippen molar-refractivity contribution in [1.29, 1.82) is 0 Å². The SMILES string of the molecule is Brc1ccccc1CSc1ncnc2[nH]cnc12. The molecule has 0 bridgehead atoms. The molecule has 3 rings (SSSR count). The lowest BCUT2D eigenvalue weighted by Gasteiger charge is -2.03. The molecule has 18 heavy (non-hydrogen) atoms. The number of imidazole rings is 1. The van der Waals surface area contributed by atoms with Crippen LogP contribution in [0.25, 0.3) is 11.2 Å². The number of aromatic amines is 1. The molecule has 0 aliphatic carbocycles. The highest BCUT2D eigenvalue weighted by atomic mass is 79.9. The molecule has 0 fully saturated rings. The van der Waals surface area contributed by atoms with E-state index in [9.17, 15) is 0 Å².